The molecule has 1 aliphatic heterocycles. The van der Waals surface area contributed by atoms with Crippen LogP contribution in [0.3, 0.4) is 0 Å². The van der Waals surface area contributed by atoms with Gasteiger partial charge in [0.05, 0.1) is 5.75 Å². The van der Waals surface area contributed by atoms with E-state index in [9.17, 15) is 4.79 Å². The number of aromatic nitrogens is 2. The molecule has 156 valence electrons. The van der Waals surface area contributed by atoms with Crippen LogP contribution < -0.4 is 14.4 Å². The molecule has 0 fully saturated rings. The van der Waals surface area contributed by atoms with Crippen molar-refractivity contribution in [3.05, 3.63) is 48.0 Å². The molecule has 0 N–H and O–H groups in total. The highest BCUT2D eigenvalue weighted by molar-refractivity contribution is 7.99. The lowest BCUT2D eigenvalue weighted by Gasteiger charge is -2.20. The molecule has 0 amide bonds. The summed E-state index contributed by atoms with van der Waals surface area (Å²) in [6.45, 7) is 7.17. The highest BCUT2D eigenvalue weighted by Crippen LogP contribution is 2.31. The predicted molar refractivity (Wildman–Crippen MR) is 116 cm³/mol. The van der Waals surface area contributed by atoms with Crippen molar-refractivity contribution < 1.29 is 18.7 Å². The monoisotopic (exact) mass is 425 g/mol. The van der Waals surface area contributed by atoms with E-state index in [0.717, 1.165) is 24.3 Å². The van der Waals surface area contributed by atoms with Crippen LogP contribution in [0.15, 0.2) is 52.1 Å². The van der Waals surface area contributed by atoms with Crippen molar-refractivity contribution in [1.29, 1.82) is 0 Å². The number of Topliss-reactive ketones (excluding diaryl/α,β-unsaturated/α-hetero) is 1. The van der Waals surface area contributed by atoms with Crippen molar-refractivity contribution in [2.24, 2.45) is 0 Å². The molecule has 0 bridgehead atoms. The SMILES string of the molecule is CCN(CC)c1ccc(-c2nnc(SCC(=O)c3ccc4c(c3)OCCO4)o2)cc1. The normalized spacial score (nSPS) is 12.6. The molecular formula is C22H23N3O4S. The second-order valence-corrected chi connectivity index (χ2v) is 7.59. The zero-order valence-electron chi connectivity index (χ0n) is 17.0. The molecule has 30 heavy (non-hydrogen) atoms. The molecule has 3 aromatic rings. The first-order valence-electron chi connectivity index (χ1n) is 9.92. The summed E-state index contributed by atoms with van der Waals surface area (Å²) in [5.74, 6) is 1.86. The van der Waals surface area contributed by atoms with Gasteiger partial charge in [-0.3, -0.25) is 4.79 Å². The van der Waals surface area contributed by atoms with Gasteiger partial charge in [0.25, 0.3) is 5.22 Å². The summed E-state index contributed by atoms with van der Waals surface area (Å²) < 4.78 is 16.8. The number of carbonyl (C=O) groups excluding carboxylic acids is 1. The molecule has 0 unspecified atom stereocenters. The number of nitrogens with zero attached hydrogens (tertiary/aromatic N) is 3. The van der Waals surface area contributed by atoms with Crippen LogP contribution in [0.5, 0.6) is 11.5 Å². The van der Waals surface area contributed by atoms with E-state index in [4.69, 9.17) is 13.9 Å². The molecule has 0 atom stereocenters. The van der Waals surface area contributed by atoms with Crippen LogP contribution in [0.4, 0.5) is 5.69 Å². The van der Waals surface area contributed by atoms with Crippen LogP contribution in [0.1, 0.15) is 24.2 Å². The second-order valence-electron chi connectivity index (χ2n) is 6.66. The number of ketones is 1. The maximum absolute atomic E-state index is 12.5. The highest BCUT2D eigenvalue weighted by Gasteiger charge is 2.17. The Hall–Kier alpha value is -3.00. The minimum absolute atomic E-state index is 0.0414. The number of thioether (sulfide) groups is 1. The van der Waals surface area contributed by atoms with Crippen molar-refractivity contribution >= 4 is 23.2 Å². The molecule has 4 rings (SSSR count). The fourth-order valence-corrected chi connectivity index (χ4v) is 3.87. The van der Waals surface area contributed by atoms with E-state index < -0.39 is 0 Å². The summed E-state index contributed by atoms with van der Waals surface area (Å²) in [7, 11) is 0. The summed E-state index contributed by atoms with van der Waals surface area (Å²) >= 11 is 1.22. The Balaban J connectivity index is 1.38. The lowest BCUT2D eigenvalue weighted by atomic mass is 10.1. The van der Waals surface area contributed by atoms with Gasteiger partial charge < -0.3 is 18.8 Å². The molecule has 0 aliphatic carbocycles. The lowest BCUT2D eigenvalue weighted by Crippen LogP contribution is -2.21. The molecule has 1 aliphatic rings. The summed E-state index contributed by atoms with van der Waals surface area (Å²) in [6, 6.07) is 13.3. The number of anilines is 1. The van der Waals surface area contributed by atoms with Crippen molar-refractivity contribution in [2.45, 2.75) is 19.1 Å². The molecule has 0 saturated carbocycles. The van der Waals surface area contributed by atoms with Crippen LogP contribution in [0.25, 0.3) is 11.5 Å². The molecule has 7 nitrogen and oxygen atoms in total. The third kappa shape index (κ3) is 4.43. The van der Waals surface area contributed by atoms with E-state index in [2.05, 4.69) is 28.9 Å². The fraction of sp³-hybridized carbons (Fsp3) is 0.318. The first-order valence-corrected chi connectivity index (χ1v) is 10.9. The Kier molecular flexibility index (Phi) is 6.23. The molecule has 2 aromatic carbocycles. The smallest absolute Gasteiger partial charge is 0.277 e. The molecule has 8 heteroatoms. The minimum atomic E-state index is -0.0414. The van der Waals surface area contributed by atoms with E-state index in [1.807, 2.05) is 24.3 Å². The predicted octanol–water partition coefficient (Wildman–Crippen LogP) is 4.33. The Morgan fingerprint density at radius 2 is 1.73 bits per heavy atom. The first kappa shape index (κ1) is 20.3. The third-order valence-corrected chi connectivity index (χ3v) is 5.66. The van der Waals surface area contributed by atoms with Crippen LogP contribution in [-0.4, -0.2) is 48.0 Å². The lowest BCUT2D eigenvalue weighted by molar-refractivity contribution is 0.102. The summed E-state index contributed by atoms with van der Waals surface area (Å²) in [5.41, 5.74) is 2.57. The summed E-state index contributed by atoms with van der Waals surface area (Å²) in [4.78, 5) is 14.8. The van der Waals surface area contributed by atoms with Crippen molar-refractivity contribution in [1.82, 2.24) is 10.2 Å². The molecular weight excluding hydrogens is 402 g/mol. The Morgan fingerprint density at radius 3 is 2.47 bits per heavy atom. The van der Waals surface area contributed by atoms with E-state index in [1.165, 1.54) is 11.8 Å². The molecule has 0 saturated heterocycles. The van der Waals surface area contributed by atoms with E-state index in [1.54, 1.807) is 18.2 Å². The molecule has 2 heterocycles. The summed E-state index contributed by atoms with van der Waals surface area (Å²) in [5, 5.41) is 8.53. The van der Waals surface area contributed by atoms with Gasteiger partial charge in [-0.1, -0.05) is 11.8 Å². The number of rotatable bonds is 8. The van der Waals surface area contributed by atoms with Crippen molar-refractivity contribution in [2.75, 3.05) is 37.0 Å². The van der Waals surface area contributed by atoms with Gasteiger partial charge >= 0.3 is 0 Å². The molecule has 0 radical (unpaired) electrons. The van der Waals surface area contributed by atoms with Crippen molar-refractivity contribution in [3.63, 3.8) is 0 Å². The molecule has 0 spiro atoms. The topological polar surface area (TPSA) is 77.7 Å². The minimum Gasteiger partial charge on any atom is -0.486 e. The zero-order chi connectivity index (χ0) is 20.9. The van der Waals surface area contributed by atoms with Crippen LogP contribution >= 0.6 is 11.8 Å². The van der Waals surface area contributed by atoms with Crippen LogP contribution in [0, 0.1) is 0 Å². The number of carbonyl (C=O) groups is 1. The van der Waals surface area contributed by atoms with Crippen molar-refractivity contribution in [3.8, 4) is 23.0 Å². The maximum Gasteiger partial charge on any atom is 0.277 e. The van der Waals surface area contributed by atoms with E-state index in [-0.39, 0.29) is 11.5 Å². The van der Waals surface area contributed by atoms with Gasteiger partial charge in [0.15, 0.2) is 17.3 Å². The quantitative estimate of drug-likeness (QED) is 0.390. The number of ether oxygens (including phenoxy) is 2. The van der Waals surface area contributed by atoms with E-state index in [0.29, 0.717) is 41.4 Å². The van der Waals surface area contributed by atoms with Gasteiger partial charge in [-0.15, -0.1) is 10.2 Å². The molecule has 1 aromatic heterocycles. The van der Waals surface area contributed by atoms with Gasteiger partial charge in [-0.25, -0.2) is 0 Å². The van der Waals surface area contributed by atoms with Gasteiger partial charge in [-0.2, -0.15) is 0 Å². The van der Waals surface area contributed by atoms with Gasteiger partial charge in [0, 0.05) is 29.9 Å². The second kappa shape index (κ2) is 9.21. The maximum atomic E-state index is 12.5. The summed E-state index contributed by atoms with van der Waals surface area (Å²) in [6.07, 6.45) is 0. The number of hydrogen-bond acceptors (Lipinski definition) is 8. The Bertz CT molecular complexity index is 1020. The van der Waals surface area contributed by atoms with E-state index >= 15 is 0 Å². The fourth-order valence-electron chi connectivity index (χ4n) is 3.22. The Labute approximate surface area is 179 Å². The number of fused-ring (bicyclic) bond motifs is 1. The standard InChI is InChI=1S/C22H23N3O4S/c1-3-25(4-2)17-8-5-15(6-9-17)21-23-24-22(29-21)30-14-18(26)16-7-10-19-20(13-16)28-12-11-27-19/h5-10,13H,3-4,11-12,14H2,1-2H3. The average molecular weight is 426 g/mol. The third-order valence-electron chi connectivity index (χ3n) is 4.84. The largest absolute Gasteiger partial charge is 0.486 e. The zero-order valence-corrected chi connectivity index (χ0v) is 17.8. The van der Waals surface area contributed by atoms with Gasteiger partial charge in [-0.05, 0) is 56.3 Å². The number of hydrogen-bond donors (Lipinski definition) is 0. The first-order chi connectivity index (χ1) is 14.7. The van der Waals surface area contributed by atoms with Gasteiger partial charge in [0.1, 0.15) is 13.2 Å². The van der Waals surface area contributed by atoms with Crippen LogP contribution in [-0.2, 0) is 0 Å². The average Bonchev–Trinajstić information content (AvgIpc) is 3.27. The van der Waals surface area contributed by atoms with Crippen LogP contribution in [0.2, 0.25) is 0 Å². The Morgan fingerprint density at radius 1 is 1.00 bits per heavy atom. The highest BCUT2D eigenvalue weighted by atomic mass is 32.2. The van der Waals surface area contributed by atoms with Gasteiger partial charge in [0.2, 0.25) is 5.89 Å². The number of benzene rings is 2.